The zero-order chi connectivity index (χ0) is 31.0. The number of amides is 2. The Hall–Kier alpha value is -3.27. The average Bonchev–Trinajstić information content (AvgIpc) is 2.97. The Kier molecular flexibility index (Phi) is 11.7. The Bertz CT molecular complexity index is 1500. The van der Waals surface area contributed by atoms with Crippen molar-refractivity contribution in [3.63, 3.8) is 0 Å². The van der Waals surface area contributed by atoms with Gasteiger partial charge in [-0.1, -0.05) is 66.9 Å². The molecule has 0 spiro atoms. The summed E-state index contributed by atoms with van der Waals surface area (Å²) < 4.78 is 34.4. The van der Waals surface area contributed by atoms with Crippen LogP contribution in [0.1, 0.15) is 44.7 Å². The third-order valence-electron chi connectivity index (χ3n) is 6.95. The molecule has 0 radical (unpaired) electrons. The largest absolute Gasteiger partial charge is 0.497 e. The van der Waals surface area contributed by atoms with Crippen LogP contribution in [0.3, 0.4) is 0 Å². The molecule has 0 aliphatic carbocycles. The number of carbonyl (C=O) groups is 2. The van der Waals surface area contributed by atoms with Crippen molar-refractivity contribution >= 4 is 50.7 Å². The molecule has 42 heavy (non-hydrogen) atoms. The van der Waals surface area contributed by atoms with Gasteiger partial charge in [0.25, 0.3) is 10.0 Å². The van der Waals surface area contributed by atoms with Gasteiger partial charge in [0.1, 0.15) is 18.3 Å². The van der Waals surface area contributed by atoms with Gasteiger partial charge in [-0.15, -0.1) is 0 Å². The van der Waals surface area contributed by atoms with Crippen LogP contribution in [-0.4, -0.2) is 50.9 Å². The summed E-state index contributed by atoms with van der Waals surface area (Å²) in [6.07, 6.45) is 1.01. The highest BCUT2D eigenvalue weighted by molar-refractivity contribution is 7.92. The molecule has 0 aromatic heterocycles. The van der Waals surface area contributed by atoms with Gasteiger partial charge in [-0.05, 0) is 68.7 Å². The van der Waals surface area contributed by atoms with E-state index in [4.69, 9.17) is 27.9 Å². The first-order valence-corrected chi connectivity index (χ1v) is 15.9. The summed E-state index contributed by atoms with van der Waals surface area (Å²) in [5, 5.41) is 3.61. The molecule has 0 heterocycles. The summed E-state index contributed by atoms with van der Waals surface area (Å²) in [6, 6.07) is 16.9. The van der Waals surface area contributed by atoms with Gasteiger partial charge >= 0.3 is 0 Å². The second-order valence-electron chi connectivity index (χ2n) is 10.0. The van der Waals surface area contributed by atoms with Gasteiger partial charge in [-0.3, -0.25) is 13.9 Å². The number of hydrogen-bond acceptors (Lipinski definition) is 5. The second-order valence-corrected chi connectivity index (χ2v) is 12.7. The third kappa shape index (κ3) is 8.18. The number of anilines is 1. The summed E-state index contributed by atoms with van der Waals surface area (Å²) >= 11 is 12.4. The standard InChI is InChI=1S/C31H37Cl2N3O5S/c1-6-22(4)34-31(38)29(7-2)35(19-23-13-16-27(32)28(33)17-23)30(37)20-36(24-9-8-10-25(18-24)41-5)42(39,40)26-14-11-21(3)12-15-26/h8-18,22,29H,6-7,19-20H2,1-5H3,(H,34,38)/t22-,29-/m0/s1. The lowest BCUT2D eigenvalue weighted by Gasteiger charge is -2.34. The first-order valence-electron chi connectivity index (χ1n) is 13.7. The maximum absolute atomic E-state index is 14.2. The van der Waals surface area contributed by atoms with E-state index in [0.717, 1.165) is 9.87 Å². The molecule has 0 fully saturated rings. The van der Waals surface area contributed by atoms with Crippen molar-refractivity contribution in [3.05, 3.63) is 87.9 Å². The predicted molar refractivity (Wildman–Crippen MR) is 168 cm³/mol. The van der Waals surface area contributed by atoms with E-state index in [1.807, 2.05) is 20.8 Å². The summed E-state index contributed by atoms with van der Waals surface area (Å²) in [7, 11) is -2.72. The van der Waals surface area contributed by atoms with Crippen molar-refractivity contribution in [1.29, 1.82) is 0 Å². The summed E-state index contributed by atoms with van der Waals surface area (Å²) in [5.41, 5.74) is 1.78. The van der Waals surface area contributed by atoms with Gasteiger partial charge < -0.3 is 15.0 Å². The lowest BCUT2D eigenvalue weighted by Crippen LogP contribution is -2.53. The molecule has 3 aromatic rings. The topological polar surface area (TPSA) is 96.0 Å². The molecular weight excluding hydrogens is 597 g/mol. The Balaban J connectivity index is 2.09. The number of nitrogens with one attached hydrogen (secondary N) is 1. The third-order valence-corrected chi connectivity index (χ3v) is 9.48. The number of hydrogen-bond donors (Lipinski definition) is 1. The highest BCUT2D eigenvalue weighted by Gasteiger charge is 2.34. The fraction of sp³-hybridized carbons (Fsp3) is 0.355. The van der Waals surface area contributed by atoms with E-state index in [9.17, 15) is 18.0 Å². The minimum absolute atomic E-state index is 0.0126. The molecule has 0 bridgehead atoms. The number of aryl methyl sites for hydroxylation is 1. The predicted octanol–water partition coefficient (Wildman–Crippen LogP) is 6.23. The number of nitrogens with zero attached hydrogens (tertiary/aromatic N) is 2. The number of rotatable bonds is 13. The molecular formula is C31H37Cl2N3O5S. The number of halogens is 2. The molecule has 8 nitrogen and oxygen atoms in total. The van der Waals surface area contributed by atoms with Crippen molar-refractivity contribution in [3.8, 4) is 5.75 Å². The molecule has 3 aromatic carbocycles. The van der Waals surface area contributed by atoms with Crippen LogP contribution in [0.4, 0.5) is 5.69 Å². The van der Waals surface area contributed by atoms with E-state index in [0.29, 0.717) is 34.2 Å². The van der Waals surface area contributed by atoms with Crippen LogP contribution in [-0.2, 0) is 26.2 Å². The zero-order valence-corrected chi connectivity index (χ0v) is 26.8. The van der Waals surface area contributed by atoms with Crippen molar-refractivity contribution in [2.75, 3.05) is 18.0 Å². The van der Waals surface area contributed by atoms with E-state index in [1.54, 1.807) is 61.5 Å². The zero-order valence-electron chi connectivity index (χ0n) is 24.4. The van der Waals surface area contributed by atoms with E-state index in [1.165, 1.54) is 24.1 Å². The normalized spacial score (nSPS) is 12.7. The minimum Gasteiger partial charge on any atom is -0.497 e. The van der Waals surface area contributed by atoms with E-state index in [-0.39, 0.29) is 29.1 Å². The molecule has 1 N–H and O–H groups in total. The number of benzene rings is 3. The summed E-state index contributed by atoms with van der Waals surface area (Å²) in [4.78, 5) is 29.0. The van der Waals surface area contributed by atoms with Crippen LogP contribution < -0.4 is 14.4 Å². The number of methoxy groups -OCH3 is 1. The Morgan fingerprint density at radius 3 is 2.24 bits per heavy atom. The van der Waals surface area contributed by atoms with Gasteiger partial charge in [0.15, 0.2) is 0 Å². The lowest BCUT2D eigenvalue weighted by atomic mass is 10.1. The van der Waals surface area contributed by atoms with Crippen LogP contribution in [0.5, 0.6) is 5.75 Å². The van der Waals surface area contributed by atoms with Gasteiger partial charge in [0.2, 0.25) is 11.8 Å². The molecule has 0 aliphatic rings. The van der Waals surface area contributed by atoms with Gasteiger partial charge in [0, 0.05) is 18.7 Å². The van der Waals surface area contributed by atoms with E-state index < -0.39 is 28.5 Å². The molecule has 0 saturated heterocycles. The quantitative estimate of drug-likeness (QED) is 0.241. The van der Waals surface area contributed by atoms with Crippen molar-refractivity contribution in [2.24, 2.45) is 0 Å². The Morgan fingerprint density at radius 2 is 1.64 bits per heavy atom. The maximum Gasteiger partial charge on any atom is 0.264 e. The minimum atomic E-state index is -4.19. The monoisotopic (exact) mass is 633 g/mol. The molecule has 2 atom stereocenters. The van der Waals surface area contributed by atoms with Crippen LogP contribution in [0.2, 0.25) is 10.0 Å². The van der Waals surface area contributed by atoms with Crippen molar-refractivity contribution < 1.29 is 22.7 Å². The lowest BCUT2D eigenvalue weighted by molar-refractivity contribution is -0.140. The molecule has 11 heteroatoms. The van der Waals surface area contributed by atoms with Crippen molar-refractivity contribution in [1.82, 2.24) is 10.2 Å². The second kappa shape index (κ2) is 14.8. The van der Waals surface area contributed by atoms with E-state index >= 15 is 0 Å². The number of ether oxygens (including phenoxy) is 1. The number of carbonyl (C=O) groups excluding carboxylic acids is 2. The van der Waals surface area contributed by atoms with Gasteiger partial charge in [-0.2, -0.15) is 0 Å². The summed E-state index contributed by atoms with van der Waals surface area (Å²) in [5.74, 6) is -0.462. The maximum atomic E-state index is 14.2. The van der Waals surface area contributed by atoms with Crippen LogP contribution >= 0.6 is 23.2 Å². The number of sulfonamides is 1. The molecule has 226 valence electrons. The van der Waals surface area contributed by atoms with Crippen LogP contribution in [0, 0.1) is 6.92 Å². The molecule has 3 rings (SSSR count). The molecule has 0 unspecified atom stereocenters. The van der Waals surface area contributed by atoms with E-state index in [2.05, 4.69) is 5.32 Å². The van der Waals surface area contributed by atoms with Gasteiger partial charge in [0.05, 0.1) is 27.7 Å². The first kappa shape index (κ1) is 33.2. The fourth-order valence-electron chi connectivity index (χ4n) is 4.33. The first-order chi connectivity index (χ1) is 19.9. The Morgan fingerprint density at radius 1 is 0.952 bits per heavy atom. The van der Waals surface area contributed by atoms with Gasteiger partial charge in [-0.25, -0.2) is 8.42 Å². The molecule has 2 amide bonds. The highest BCUT2D eigenvalue weighted by Crippen LogP contribution is 2.29. The molecule has 0 aliphatic heterocycles. The smallest absolute Gasteiger partial charge is 0.264 e. The van der Waals surface area contributed by atoms with Crippen LogP contribution in [0.15, 0.2) is 71.6 Å². The van der Waals surface area contributed by atoms with Crippen LogP contribution in [0.25, 0.3) is 0 Å². The highest BCUT2D eigenvalue weighted by atomic mass is 35.5. The average molecular weight is 635 g/mol. The SMILES string of the molecule is CC[C@H](C)NC(=O)[C@H](CC)N(Cc1ccc(Cl)c(Cl)c1)C(=O)CN(c1cccc(OC)c1)S(=O)(=O)c1ccc(C)cc1. The Labute approximate surface area is 258 Å². The molecule has 0 saturated carbocycles. The fourth-order valence-corrected chi connectivity index (χ4v) is 6.05. The van der Waals surface area contributed by atoms with Crippen molar-refractivity contribution in [2.45, 2.75) is 64.1 Å². The summed E-state index contributed by atoms with van der Waals surface area (Å²) in [6.45, 7) is 6.95.